The standard InChI is InChI=1S/C27H40O8/c1-25-11-23(33-15-30-3)24-20(7-6-19-9-22(29)18(12-28)10-26(19,24)2)21(25)5-4-8-27(14-32-17-35-27)34-16-31-13-25/h9,12,18,20-21,23-24H,4-8,10-11,13-17H2,1-3H3. The van der Waals surface area contributed by atoms with Crippen LogP contribution in [-0.4, -0.2) is 64.7 Å². The Morgan fingerprint density at radius 1 is 1.11 bits per heavy atom. The second kappa shape index (κ2) is 9.95. The molecule has 5 aliphatic rings. The molecule has 8 unspecified atom stereocenters. The quantitative estimate of drug-likeness (QED) is 0.334. The number of carbonyl (C=O) groups is 2. The summed E-state index contributed by atoms with van der Waals surface area (Å²) < 4.78 is 35.2. The second-order valence-electron chi connectivity index (χ2n) is 11.8. The first-order valence-corrected chi connectivity index (χ1v) is 13.1. The van der Waals surface area contributed by atoms with Crippen LogP contribution < -0.4 is 0 Å². The van der Waals surface area contributed by atoms with Crippen LogP contribution in [0.1, 0.15) is 58.8 Å². The fourth-order valence-electron chi connectivity index (χ4n) is 8.07. The van der Waals surface area contributed by atoms with Crippen molar-refractivity contribution in [3.05, 3.63) is 11.6 Å². The molecule has 0 aromatic rings. The van der Waals surface area contributed by atoms with E-state index in [1.807, 2.05) is 0 Å². The molecule has 0 radical (unpaired) electrons. The van der Waals surface area contributed by atoms with Gasteiger partial charge in [0.05, 0.1) is 18.6 Å². The molecule has 35 heavy (non-hydrogen) atoms. The third-order valence-electron chi connectivity index (χ3n) is 9.68. The molecule has 196 valence electrons. The van der Waals surface area contributed by atoms with Crippen molar-refractivity contribution in [3.63, 3.8) is 0 Å². The molecule has 2 aliphatic heterocycles. The largest absolute Gasteiger partial charge is 0.359 e. The number of allylic oxidation sites excluding steroid dienone is 2. The Kier molecular flexibility index (Phi) is 7.25. The molecule has 8 heteroatoms. The van der Waals surface area contributed by atoms with Gasteiger partial charge in [-0.1, -0.05) is 19.4 Å². The Morgan fingerprint density at radius 3 is 2.60 bits per heavy atom. The van der Waals surface area contributed by atoms with Crippen LogP contribution in [0.25, 0.3) is 0 Å². The molecule has 3 aliphatic carbocycles. The van der Waals surface area contributed by atoms with Gasteiger partial charge in [0.1, 0.15) is 26.5 Å². The maximum absolute atomic E-state index is 12.6. The zero-order valence-electron chi connectivity index (χ0n) is 21.3. The lowest BCUT2D eigenvalue weighted by molar-refractivity contribution is -0.266. The minimum absolute atomic E-state index is 0.0410. The van der Waals surface area contributed by atoms with E-state index in [2.05, 4.69) is 13.8 Å². The molecule has 1 spiro atoms. The zero-order valence-corrected chi connectivity index (χ0v) is 21.3. The van der Waals surface area contributed by atoms with Crippen molar-refractivity contribution in [3.8, 4) is 0 Å². The van der Waals surface area contributed by atoms with Gasteiger partial charge in [-0.25, -0.2) is 0 Å². The summed E-state index contributed by atoms with van der Waals surface area (Å²) >= 11 is 0. The monoisotopic (exact) mass is 492 g/mol. The van der Waals surface area contributed by atoms with Gasteiger partial charge in [-0.3, -0.25) is 4.79 Å². The number of methoxy groups -OCH3 is 1. The number of rotatable bonds is 4. The highest BCUT2D eigenvalue weighted by molar-refractivity contribution is 6.02. The van der Waals surface area contributed by atoms with Crippen LogP contribution in [0.4, 0.5) is 0 Å². The molecular weight excluding hydrogens is 452 g/mol. The van der Waals surface area contributed by atoms with Gasteiger partial charge in [-0.05, 0) is 73.2 Å². The van der Waals surface area contributed by atoms with Gasteiger partial charge < -0.3 is 33.2 Å². The molecule has 2 saturated heterocycles. The summed E-state index contributed by atoms with van der Waals surface area (Å²) in [4.78, 5) is 24.4. The number of aldehydes is 1. The molecule has 0 N–H and O–H groups in total. The first-order valence-electron chi connectivity index (χ1n) is 13.1. The van der Waals surface area contributed by atoms with Crippen molar-refractivity contribution in [2.45, 2.75) is 70.7 Å². The van der Waals surface area contributed by atoms with E-state index >= 15 is 0 Å². The molecule has 5 rings (SSSR count). The van der Waals surface area contributed by atoms with Crippen molar-refractivity contribution < 1.29 is 38.0 Å². The van der Waals surface area contributed by atoms with Gasteiger partial charge in [0, 0.05) is 13.5 Å². The number of ether oxygens (including phenoxy) is 6. The summed E-state index contributed by atoms with van der Waals surface area (Å²) in [6.45, 7) is 6.27. The fourth-order valence-corrected chi connectivity index (χ4v) is 8.07. The average molecular weight is 493 g/mol. The Labute approximate surface area is 208 Å². The molecule has 8 atom stereocenters. The van der Waals surface area contributed by atoms with E-state index < -0.39 is 11.7 Å². The summed E-state index contributed by atoms with van der Waals surface area (Å²) in [5, 5.41) is 0. The first kappa shape index (κ1) is 25.5. The first-order chi connectivity index (χ1) is 16.8. The molecule has 0 aromatic carbocycles. The van der Waals surface area contributed by atoms with Gasteiger partial charge in [-0.15, -0.1) is 0 Å². The van der Waals surface area contributed by atoms with Crippen molar-refractivity contribution in [1.82, 2.24) is 0 Å². The summed E-state index contributed by atoms with van der Waals surface area (Å²) in [7, 11) is 1.65. The van der Waals surface area contributed by atoms with Crippen LogP contribution in [-0.2, 0) is 38.0 Å². The maximum atomic E-state index is 12.6. The smallest absolute Gasteiger partial charge is 0.197 e. The maximum Gasteiger partial charge on any atom is 0.197 e. The Balaban J connectivity index is 1.47. The highest BCUT2D eigenvalue weighted by Gasteiger charge is 2.60. The molecular formula is C27H40O8. The van der Waals surface area contributed by atoms with Crippen molar-refractivity contribution >= 4 is 12.1 Å². The second-order valence-corrected chi connectivity index (χ2v) is 11.8. The highest BCUT2D eigenvalue weighted by atomic mass is 16.8. The minimum atomic E-state index is -0.707. The van der Waals surface area contributed by atoms with Crippen LogP contribution in [0.3, 0.4) is 0 Å². The lowest BCUT2D eigenvalue weighted by atomic mass is 9.45. The number of hydrogen-bond donors (Lipinski definition) is 0. The van der Waals surface area contributed by atoms with Crippen LogP contribution in [0.5, 0.6) is 0 Å². The van der Waals surface area contributed by atoms with Crippen molar-refractivity contribution in [1.29, 1.82) is 0 Å². The summed E-state index contributed by atoms with van der Waals surface area (Å²) in [6, 6.07) is 0. The number of ketones is 1. The normalized spacial score (nSPS) is 46.3. The zero-order chi connectivity index (χ0) is 24.7. The Hall–Kier alpha value is -1.16. The topological polar surface area (TPSA) is 89.5 Å². The SMILES string of the molecule is COCOC1CC2(C)COCOC3(CCCC2C2CCC4=CC(=O)C(C=O)CC4(C)C12)COCO3. The predicted molar refractivity (Wildman–Crippen MR) is 125 cm³/mol. The average Bonchev–Trinajstić information content (AvgIpc) is 3.30. The van der Waals surface area contributed by atoms with E-state index in [1.165, 1.54) is 5.57 Å². The van der Waals surface area contributed by atoms with E-state index in [9.17, 15) is 9.59 Å². The Bertz CT molecular complexity index is 835. The van der Waals surface area contributed by atoms with E-state index in [0.29, 0.717) is 31.5 Å². The summed E-state index contributed by atoms with van der Waals surface area (Å²) in [5.74, 6) is -0.274. The third kappa shape index (κ3) is 4.55. The summed E-state index contributed by atoms with van der Waals surface area (Å²) in [6.07, 6.45) is 8.67. The van der Waals surface area contributed by atoms with Crippen LogP contribution in [0.2, 0.25) is 0 Å². The molecule has 4 fully saturated rings. The van der Waals surface area contributed by atoms with E-state index in [0.717, 1.165) is 44.8 Å². The minimum Gasteiger partial charge on any atom is -0.359 e. The molecule has 2 saturated carbocycles. The van der Waals surface area contributed by atoms with Crippen LogP contribution >= 0.6 is 0 Å². The number of fused-ring (bicyclic) bond motifs is 5. The number of hydrogen-bond acceptors (Lipinski definition) is 8. The van der Waals surface area contributed by atoms with Gasteiger partial charge in [0.15, 0.2) is 18.4 Å². The van der Waals surface area contributed by atoms with Crippen molar-refractivity contribution in [2.24, 2.45) is 34.5 Å². The number of carbonyl (C=O) groups excluding carboxylic acids is 2. The summed E-state index contributed by atoms with van der Waals surface area (Å²) in [5.41, 5.74) is 0.869. The van der Waals surface area contributed by atoms with Crippen molar-refractivity contribution in [2.75, 3.05) is 40.7 Å². The Morgan fingerprint density at radius 2 is 1.89 bits per heavy atom. The lowest BCUT2D eigenvalue weighted by Gasteiger charge is -2.61. The van der Waals surface area contributed by atoms with Crippen LogP contribution in [0, 0.1) is 34.5 Å². The predicted octanol–water partition coefficient (Wildman–Crippen LogP) is 3.62. The van der Waals surface area contributed by atoms with Gasteiger partial charge in [-0.2, -0.15) is 0 Å². The van der Waals surface area contributed by atoms with Crippen LogP contribution in [0.15, 0.2) is 11.6 Å². The molecule has 2 heterocycles. The fraction of sp³-hybridized carbons (Fsp3) is 0.852. The molecule has 8 nitrogen and oxygen atoms in total. The highest BCUT2D eigenvalue weighted by Crippen LogP contribution is 2.63. The van der Waals surface area contributed by atoms with E-state index in [1.54, 1.807) is 13.2 Å². The molecule has 0 amide bonds. The molecule has 0 aromatic heterocycles. The van der Waals surface area contributed by atoms with Gasteiger partial charge >= 0.3 is 0 Å². The third-order valence-corrected chi connectivity index (χ3v) is 9.68. The molecule has 0 bridgehead atoms. The van der Waals surface area contributed by atoms with Gasteiger partial charge in [0.25, 0.3) is 0 Å². The van der Waals surface area contributed by atoms with E-state index in [-0.39, 0.29) is 49.0 Å². The van der Waals surface area contributed by atoms with E-state index in [4.69, 9.17) is 28.4 Å². The lowest BCUT2D eigenvalue weighted by Crippen LogP contribution is -2.59. The van der Waals surface area contributed by atoms with Gasteiger partial charge in [0.2, 0.25) is 0 Å².